The fourth-order valence-electron chi connectivity index (χ4n) is 4.62. The van der Waals surface area contributed by atoms with Gasteiger partial charge in [0.2, 0.25) is 0 Å². The minimum atomic E-state index is -4.99. The number of anilines is 1. The SMILES string of the molecule is CC(n1ncc2c3c(c(NC(=O)c4cc(F)cc(C(F)(F)F)c4)cc21)[C@H](c1cc(F)ccc1Cl)NC3=O)C(F)(F)F. The maximum absolute atomic E-state index is 14.1. The highest BCUT2D eigenvalue weighted by Gasteiger charge is 2.41. The number of hydrogen-bond acceptors (Lipinski definition) is 3. The Morgan fingerprint density at radius 2 is 1.76 bits per heavy atom. The maximum atomic E-state index is 14.1. The Kier molecular flexibility index (Phi) is 6.71. The summed E-state index contributed by atoms with van der Waals surface area (Å²) in [5.74, 6) is -4.21. The molecule has 0 saturated heterocycles. The van der Waals surface area contributed by atoms with Crippen molar-refractivity contribution in [2.45, 2.75) is 31.4 Å². The van der Waals surface area contributed by atoms with E-state index in [-0.39, 0.29) is 44.4 Å². The zero-order valence-electron chi connectivity index (χ0n) is 20.4. The van der Waals surface area contributed by atoms with Gasteiger partial charge >= 0.3 is 12.4 Å². The number of hydrogen-bond donors (Lipinski definition) is 2. The van der Waals surface area contributed by atoms with Gasteiger partial charge in [-0.1, -0.05) is 11.6 Å². The minimum Gasteiger partial charge on any atom is -0.341 e. The highest BCUT2D eigenvalue weighted by atomic mass is 35.5. The molecule has 0 spiro atoms. The number of nitrogens with one attached hydrogen (secondary N) is 2. The molecule has 1 aliphatic rings. The molecule has 1 aliphatic heterocycles. The van der Waals surface area contributed by atoms with Gasteiger partial charge in [-0.25, -0.2) is 8.78 Å². The van der Waals surface area contributed by atoms with Crippen LogP contribution in [0.25, 0.3) is 10.9 Å². The molecule has 2 atom stereocenters. The highest BCUT2D eigenvalue weighted by Crippen LogP contribution is 2.44. The van der Waals surface area contributed by atoms with E-state index in [1.54, 1.807) is 0 Å². The van der Waals surface area contributed by atoms with Crippen LogP contribution in [0.3, 0.4) is 0 Å². The third kappa shape index (κ3) is 5.07. The van der Waals surface area contributed by atoms with Gasteiger partial charge in [0, 0.05) is 32.8 Å². The number of rotatable bonds is 4. The monoisotopic (exact) mass is 602 g/mol. The van der Waals surface area contributed by atoms with E-state index in [2.05, 4.69) is 15.7 Å². The summed E-state index contributed by atoms with van der Waals surface area (Å²) in [4.78, 5) is 26.3. The Morgan fingerprint density at radius 3 is 2.41 bits per heavy atom. The zero-order chi connectivity index (χ0) is 30.0. The van der Waals surface area contributed by atoms with Gasteiger partial charge in [-0.2, -0.15) is 31.4 Å². The summed E-state index contributed by atoms with van der Waals surface area (Å²) < 4.78 is 109. The summed E-state index contributed by atoms with van der Waals surface area (Å²) >= 11 is 6.24. The molecule has 15 heteroatoms. The molecule has 3 aromatic carbocycles. The van der Waals surface area contributed by atoms with Crippen molar-refractivity contribution in [2.75, 3.05) is 5.32 Å². The first-order valence-electron chi connectivity index (χ1n) is 11.6. The first-order chi connectivity index (χ1) is 19.1. The summed E-state index contributed by atoms with van der Waals surface area (Å²) in [5.41, 5.74) is -3.05. The van der Waals surface area contributed by atoms with E-state index >= 15 is 0 Å². The number of halogens is 9. The van der Waals surface area contributed by atoms with Crippen LogP contribution < -0.4 is 10.6 Å². The number of benzene rings is 3. The molecule has 0 fully saturated rings. The third-order valence-electron chi connectivity index (χ3n) is 6.58. The highest BCUT2D eigenvalue weighted by molar-refractivity contribution is 6.31. The fourth-order valence-corrected chi connectivity index (χ4v) is 4.85. The number of amides is 2. The van der Waals surface area contributed by atoms with Crippen molar-refractivity contribution in [3.63, 3.8) is 0 Å². The van der Waals surface area contributed by atoms with Crippen molar-refractivity contribution in [3.05, 3.63) is 93.1 Å². The second-order valence-corrected chi connectivity index (χ2v) is 9.61. The molecule has 5 rings (SSSR count). The van der Waals surface area contributed by atoms with Crippen LogP contribution in [0.15, 0.2) is 48.7 Å². The van der Waals surface area contributed by atoms with E-state index < -0.39 is 59.0 Å². The standard InChI is InChI=1S/C26H15ClF8N4O2/c1-10(25(30,31)32)39-19-8-18(37-23(40)11-4-12(26(33,34)35)6-14(29)5-11)21-20(16(19)9-36-39)24(41)38-22(21)15-7-13(28)2-3-17(15)27/h2-10,22H,1H3,(H,37,40)(H,38,41)/t10?,22-/m0/s1. The van der Waals surface area contributed by atoms with E-state index in [0.717, 1.165) is 31.3 Å². The normalized spacial score (nSPS) is 16.0. The number of nitrogens with zero attached hydrogens (tertiary/aromatic N) is 2. The van der Waals surface area contributed by atoms with Gasteiger partial charge in [0.05, 0.1) is 28.9 Å². The Balaban J connectivity index is 1.73. The average molecular weight is 603 g/mol. The molecule has 0 saturated carbocycles. The molecule has 214 valence electrons. The summed E-state index contributed by atoms with van der Waals surface area (Å²) in [6.07, 6.45) is -8.75. The zero-order valence-corrected chi connectivity index (χ0v) is 21.1. The molecule has 2 N–H and O–H groups in total. The molecule has 41 heavy (non-hydrogen) atoms. The topological polar surface area (TPSA) is 76.0 Å². The van der Waals surface area contributed by atoms with Gasteiger partial charge < -0.3 is 10.6 Å². The van der Waals surface area contributed by atoms with Crippen molar-refractivity contribution >= 4 is 40.0 Å². The smallest absolute Gasteiger partial charge is 0.341 e. The molecule has 0 aliphatic carbocycles. The van der Waals surface area contributed by atoms with Gasteiger partial charge in [-0.15, -0.1) is 0 Å². The van der Waals surface area contributed by atoms with Crippen LogP contribution in [-0.2, 0) is 6.18 Å². The van der Waals surface area contributed by atoms with E-state index in [9.17, 15) is 44.7 Å². The quantitative estimate of drug-likeness (QED) is 0.243. The third-order valence-corrected chi connectivity index (χ3v) is 6.92. The average Bonchev–Trinajstić information content (AvgIpc) is 3.44. The van der Waals surface area contributed by atoms with E-state index in [1.165, 1.54) is 6.07 Å². The Bertz CT molecular complexity index is 1730. The lowest BCUT2D eigenvalue weighted by Gasteiger charge is -2.20. The number of carbonyl (C=O) groups excluding carboxylic acids is 2. The van der Waals surface area contributed by atoms with Gasteiger partial charge in [-0.05, 0) is 49.4 Å². The lowest BCUT2D eigenvalue weighted by atomic mass is 9.94. The largest absolute Gasteiger partial charge is 0.416 e. The summed E-state index contributed by atoms with van der Waals surface area (Å²) in [6, 6.07) is 1.96. The Morgan fingerprint density at radius 1 is 1.05 bits per heavy atom. The molecule has 6 nitrogen and oxygen atoms in total. The summed E-state index contributed by atoms with van der Waals surface area (Å²) in [7, 11) is 0. The predicted octanol–water partition coefficient (Wildman–Crippen LogP) is 7.20. The van der Waals surface area contributed by atoms with Crippen LogP contribution in [0, 0.1) is 11.6 Å². The molecule has 1 unspecified atom stereocenters. The van der Waals surface area contributed by atoms with Crippen LogP contribution in [0.1, 0.15) is 56.4 Å². The number of fused-ring (bicyclic) bond motifs is 3. The lowest BCUT2D eigenvalue weighted by molar-refractivity contribution is -0.164. The van der Waals surface area contributed by atoms with Crippen LogP contribution >= 0.6 is 11.6 Å². The Hall–Kier alpha value is -4.20. The number of alkyl halides is 6. The number of carbonyl (C=O) groups is 2. The molecule has 2 heterocycles. The van der Waals surface area contributed by atoms with Crippen molar-refractivity contribution in [1.29, 1.82) is 0 Å². The molecule has 1 aromatic heterocycles. The molecule has 0 bridgehead atoms. The van der Waals surface area contributed by atoms with Gasteiger partial charge in [0.25, 0.3) is 11.8 Å². The Labute approximate surface area is 229 Å². The number of aromatic nitrogens is 2. The van der Waals surface area contributed by atoms with Crippen molar-refractivity contribution in [1.82, 2.24) is 15.1 Å². The summed E-state index contributed by atoms with van der Waals surface area (Å²) in [5, 5.41) is 8.54. The van der Waals surface area contributed by atoms with Gasteiger partial charge in [-0.3, -0.25) is 14.3 Å². The van der Waals surface area contributed by atoms with Crippen molar-refractivity contribution in [2.24, 2.45) is 0 Å². The van der Waals surface area contributed by atoms with Crippen molar-refractivity contribution in [3.8, 4) is 0 Å². The lowest BCUT2D eigenvalue weighted by Crippen LogP contribution is -2.24. The molecular weight excluding hydrogens is 588 g/mol. The first-order valence-corrected chi connectivity index (χ1v) is 12.0. The van der Waals surface area contributed by atoms with Crippen LogP contribution in [-0.4, -0.2) is 27.8 Å². The van der Waals surface area contributed by atoms with E-state index in [0.29, 0.717) is 16.8 Å². The molecule has 4 aromatic rings. The maximum Gasteiger partial charge on any atom is 0.416 e. The van der Waals surface area contributed by atoms with Crippen molar-refractivity contribution < 1.29 is 44.7 Å². The van der Waals surface area contributed by atoms with E-state index in [1.807, 2.05) is 0 Å². The minimum absolute atomic E-state index is 0.0109. The molecule has 0 radical (unpaired) electrons. The van der Waals surface area contributed by atoms with Crippen LogP contribution in [0.2, 0.25) is 5.02 Å². The predicted molar refractivity (Wildman–Crippen MR) is 131 cm³/mol. The summed E-state index contributed by atoms with van der Waals surface area (Å²) in [6.45, 7) is 0.804. The van der Waals surface area contributed by atoms with Gasteiger partial charge in [0.15, 0.2) is 0 Å². The molecular formula is C26H15ClF8N4O2. The molecule has 2 amide bonds. The van der Waals surface area contributed by atoms with Gasteiger partial charge in [0.1, 0.15) is 17.7 Å². The van der Waals surface area contributed by atoms with Crippen LogP contribution in [0.4, 0.5) is 40.8 Å². The second-order valence-electron chi connectivity index (χ2n) is 9.21. The van der Waals surface area contributed by atoms with Crippen LogP contribution in [0.5, 0.6) is 0 Å². The first kappa shape index (κ1) is 28.3. The second kappa shape index (κ2) is 9.72. The fraction of sp³-hybridized carbons (Fsp3) is 0.192. The van der Waals surface area contributed by atoms with E-state index in [4.69, 9.17) is 11.6 Å².